The molecule has 7 rings (SSSR count). The Labute approximate surface area is 264 Å². The van der Waals surface area contributed by atoms with E-state index in [1.54, 1.807) is 18.2 Å². The predicted octanol–water partition coefficient (Wildman–Crippen LogP) is 7.22. The van der Waals surface area contributed by atoms with E-state index in [0.29, 0.717) is 52.9 Å². The van der Waals surface area contributed by atoms with Crippen LogP contribution in [-0.2, 0) is 22.6 Å². The number of carbonyl (C=O) groups is 2. The molecular weight excluding hydrogens is 588 g/mol. The maximum absolute atomic E-state index is 13.8. The van der Waals surface area contributed by atoms with Crippen LogP contribution in [-0.4, -0.2) is 34.5 Å². The van der Waals surface area contributed by atoms with Gasteiger partial charge >= 0.3 is 5.91 Å². The maximum Gasteiger partial charge on any atom is 0.301 e. The highest BCUT2D eigenvalue weighted by atomic mass is 32.1. The van der Waals surface area contributed by atoms with Gasteiger partial charge in [0.25, 0.3) is 5.78 Å². The molecule has 1 aromatic heterocycles. The van der Waals surface area contributed by atoms with E-state index in [-0.39, 0.29) is 17.4 Å². The molecule has 9 heteroatoms. The number of ether oxygens (including phenoxy) is 3. The molecule has 5 aromatic rings. The summed E-state index contributed by atoms with van der Waals surface area (Å²) in [4.78, 5) is 33.8. The monoisotopic (exact) mass is 618 g/mol. The fourth-order valence-corrected chi connectivity index (χ4v) is 6.86. The molecule has 0 aliphatic carbocycles. The Morgan fingerprint density at radius 1 is 0.978 bits per heavy atom. The summed E-state index contributed by atoms with van der Waals surface area (Å²) >= 11 is 1.29. The number of thiazole rings is 1. The largest absolute Gasteiger partial charge is 0.507 e. The summed E-state index contributed by atoms with van der Waals surface area (Å²) in [6, 6.07) is 27.0. The van der Waals surface area contributed by atoms with E-state index in [0.717, 1.165) is 21.6 Å². The molecule has 226 valence electrons. The van der Waals surface area contributed by atoms with Crippen LogP contribution in [0.3, 0.4) is 0 Å². The highest BCUT2D eigenvalue weighted by Gasteiger charge is 2.48. The van der Waals surface area contributed by atoms with E-state index in [4.69, 9.17) is 19.2 Å². The van der Waals surface area contributed by atoms with Crippen LogP contribution >= 0.6 is 11.3 Å². The predicted molar refractivity (Wildman–Crippen MR) is 173 cm³/mol. The van der Waals surface area contributed by atoms with Crippen LogP contribution in [0.4, 0.5) is 5.13 Å². The van der Waals surface area contributed by atoms with Crippen molar-refractivity contribution in [3.8, 4) is 17.2 Å². The second-order valence-electron chi connectivity index (χ2n) is 11.0. The van der Waals surface area contributed by atoms with Gasteiger partial charge in [0, 0.05) is 12.0 Å². The average Bonchev–Trinajstić information content (AvgIpc) is 3.72. The van der Waals surface area contributed by atoms with Crippen molar-refractivity contribution in [3.63, 3.8) is 0 Å². The van der Waals surface area contributed by atoms with Crippen LogP contribution in [0.1, 0.15) is 42.1 Å². The van der Waals surface area contributed by atoms with Gasteiger partial charge in [-0.1, -0.05) is 53.8 Å². The molecule has 0 radical (unpaired) electrons. The van der Waals surface area contributed by atoms with Gasteiger partial charge < -0.3 is 19.3 Å². The number of hydrogen-bond acceptors (Lipinski definition) is 8. The van der Waals surface area contributed by atoms with Crippen molar-refractivity contribution in [2.75, 3.05) is 11.5 Å². The van der Waals surface area contributed by atoms with Gasteiger partial charge in [0.05, 0.1) is 28.4 Å². The Bertz CT molecular complexity index is 1970. The number of aromatic nitrogens is 1. The Balaban J connectivity index is 1.34. The second-order valence-corrected chi connectivity index (χ2v) is 12.0. The molecule has 1 saturated heterocycles. The van der Waals surface area contributed by atoms with Crippen LogP contribution < -0.4 is 19.1 Å². The quantitative estimate of drug-likeness (QED) is 0.111. The molecule has 8 nitrogen and oxygen atoms in total. The molecule has 3 heterocycles. The smallest absolute Gasteiger partial charge is 0.301 e. The van der Waals surface area contributed by atoms with E-state index in [1.807, 2.05) is 86.6 Å². The van der Waals surface area contributed by atoms with Crippen molar-refractivity contribution < 1.29 is 28.9 Å². The minimum Gasteiger partial charge on any atom is -0.507 e. The molecule has 2 atom stereocenters. The first-order chi connectivity index (χ1) is 21.9. The molecule has 45 heavy (non-hydrogen) atoms. The first-order valence-electron chi connectivity index (χ1n) is 14.8. The lowest BCUT2D eigenvalue weighted by atomic mass is 9.94. The fourth-order valence-electron chi connectivity index (χ4n) is 5.84. The molecule has 0 saturated carbocycles. The van der Waals surface area contributed by atoms with Gasteiger partial charge in [0.1, 0.15) is 35.7 Å². The number of aliphatic hydroxyl groups is 1. The molecule has 0 bridgehead atoms. The zero-order valence-corrected chi connectivity index (χ0v) is 25.5. The third-order valence-electron chi connectivity index (χ3n) is 7.90. The van der Waals surface area contributed by atoms with E-state index in [9.17, 15) is 14.7 Å². The summed E-state index contributed by atoms with van der Waals surface area (Å²) in [5.41, 5.74) is 3.65. The van der Waals surface area contributed by atoms with Crippen molar-refractivity contribution in [2.45, 2.75) is 39.0 Å². The summed E-state index contributed by atoms with van der Waals surface area (Å²) in [6.07, 6.45) is 0.702. The molecule has 2 aliphatic rings. The standard InChI is InChI=1S/C36H30N2O6S/c1-3-42-27-13-14-28-30(19-27)45-36(37-28)38-32(23-10-7-11-26(18-23)43-20-22-8-5-4-6-9-22)31(34(40)35(38)41)33(39)24-12-15-29-25(17-24)16-21(2)44-29/h4-15,17-19,21,32,39H,3,16,20H2,1-2H3/b33-31-. The number of nitrogens with zero attached hydrogens (tertiary/aromatic N) is 2. The van der Waals surface area contributed by atoms with E-state index in [2.05, 4.69) is 0 Å². The molecule has 2 unspecified atom stereocenters. The summed E-state index contributed by atoms with van der Waals surface area (Å²) < 4.78 is 18.4. The lowest BCUT2D eigenvalue weighted by Crippen LogP contribution is -2.29. The number of anilines is 1. The summed E-state index contributed by atoms with van der Waals surface area (Å²) in [5, 5.41) is 12.1. The maximum atomic E-state index is 13.8. The minimum absolute atomic E-state index is 0.0126. The number of amides is 1. The molecule has 1 fully saturated rings. The van der Waals surface area contributed by atoms with Gasteiger partial charge in [-0.3, -0.25) is 14.5 Å². The number of aliphatic hydroxyl groups excluding tert-OH is 1. The normalized spacial score (nSPS) is 18.7. The highest BCUT2D eigenvalue weighted by molar-refractivity contribution is 7.22. The fraction of sp³-hybridized carbons (Fsp3) is 0.194. The number of benzene rings is 4. The Kier molecular flexibility index (Phi) is 7.47. The lowest BCUT2D eigenvalue weighted by Gasteiger charge is -2.23. The van der Waals surface area contributed by atoms with Gasteiger partial charge in [0.2, 0.25) is 0 Å². The van der Waals surface area contributed by atoms with Crippen molar-refractivity contribution in [3.05, 3.63) is 119 Å². The first-order valence-corrected chi connectivity index (χ1v) is 15.6. The molecule has 1 N–H and O–H groups in total. The summed E-state index contributed by atoms with van der Waals surface area (Å²) in [6.45, 7) is 4.75. The second kappa shape index (κ2) is 11.7. The highest BCUT2D eigenvalue weighted by Crippen LogP contribution is 2.45. The Hall–Kier alpha value is -5.15. The third-order valence-corrected chi connectivity index (χ3v) is 8.92. The Morgan fingerprint density at radius 3 is 2.62 bits per heavy atom. The van der Waals surface area contributed by atoms with E-state index in [1.165, 1.54) is 16.2 Å². The van der Waals surface area contributed by atoms with Gasteiger partial charge in [-0.25, -0.2) is 4.98 Å². The van der Waals surface area contributed by atoms with E-state index >= 15 is 0 Å². The number of rotatable bonds is 8. The van der Waals surface area contributed by atoms with Crippen molar-refractivity contribution in [1.82, 2.24) is 4.98 Å². The summed E-state index contributed by atoms with van der Waals surface area (Å²) in [7, 11) is 0. The van der Waals surface area contributed by atoms with Crippen molar-refractivity contribution in [1.29, 1.82) is 0 Å². The topological polar surface area (TPSA) is 98.2 Å². The minimum atomic E-state index is -0.944. The Morgan fingerprint density at radius 2 is 1.80 bits per heavy atom. The van der Waals surface area contributed by atoms with Crippen LogP contribution in [0.25, 0.3) is 16.0 Å². The molecule has 4 aromatic carbocycles. The zero-order valence-electron chi connectivity index (χ0n) is 24.7. The number of carbonyl (C=O) groups excluding carboxylic acids is 2. The first kappa shape index (κ1) is 28.6. The molecule has 1 amide bonds. The number of hydrogen-bond donors (Lipinski definition) is 1. The number of fused-ring (bicyclic) bond motifs is 2. The van der Waals surface area contributed by atoms with E-state index < -0.39 is 17.7 Å². The third kappa shape index (κ3) is 5.40. The zero-order chi connectivity index (χ0) is 31.1. The van der Waals surface area contributed by atoms with Crippen LogP contribution in [0, 0.1) is 0 Å². The molecule has 0 spiro atoms. The van der Waals surface area contributed by atoms with Crippen LogP contribution in [0.15, 0.2) is 96.6 Å². The molecule has 2 aliphatic heterocycles. The summed E-state index contributed by atoms with van der Waals surface area (Å²) in [5.74, 6) is 0.207. The van der Waals surface area contributed by atoms with Crippen LogP contribution in [0.5, 0.6) is 17.2 Å². The van der Waals surface area contributed by atoms with Gasteiger partial charge in [-0.15, -0.1) is 0 Å². The van der Waals surface area contributed by atoms with Crippen LogP contribution in [0.2, 0.25) is 0 Å². The SMILES string of the molecule is CCOc1ccc2nc(N3C(=O)C(=O)/C(=C(\O)c4ccc5c(c4)CC(C)O5)C3c3cccc(OCc4ccccc4)c3)sc2c1. The molecular formula is C36H30N2O6S. The van der Waals surface area contributed by atoms with Gasteiger partial charge in [-0.2, -0.15) is 0 Å². The van der Waals surface area contributed by atoms with Crippen molar-refractivity contribution >= 4 is 44.1 Å². The number of ketones is 1. The van der Waals surface area contributed by atoms with Crippen molar-refractivity contribution in [2.24, 2.45) is 0 Å². The van der Waals surface area contributed by atoms with Gasteiger partial charge in [0.15, 0.2) is 5.13 Å². The lowest BCUT2D eigenvalue weighted by molar-refractivity contribution is -0.132. The average molecular weight is 619 g/mol. The van der Waals surface area contributed by atoms with Gasteiger partial charge in [-0.05, 0) is 79.1 Å². The number of Topliss-reactive ketones (excluding diaryl/α,β-unsaturated/α-hetero) is 1.